The van der Waals surface area contributed by atoms with Crippen molar-refractivity contribution in [2.75, 3.05) is 0 Å². The molecule has 0 bridgehead atoms. The Bertz CT molecular complexity index is 306. The van der Waals surface area contributed by atoms with Gasteiger partial charge in [-0.25, -0.2) is 0 Å². The first-order valence-corrected chi connectivity index (χ1v) is 4.39. The average molecular weight is 249 g/mol. The summed E-state index contributed by atoms with van der Waals surface area (Å²) in [5, 5.41) is 36.0. The minimum Gasteiger partial charge on any atom is -0.481 e. The van der Waals surface area contributed by atoms with Crippen LogP contribution in [0.3, 0.4) is 0 Å². The van der Waals surface area contributed by atoms with Gasteiger partial charge in [-0.2, -0.15) is 0 Å². The van der Waals surface area contributed by atoms with E-state index in [1.165, 1.54) is 0 Å². The topological polar surface area (TPSA) is 161 Å². The van der Waals surface area contributed by atoms with Gasteiger partial charge in [0, 0.05) is 0 Å². The fourth-order valence-electron chi connectivity index (χ4n) is 1.03. The molecule has 0 aliphatic rings. The van der Waals surface area contributed by atoms with Gasteiger partial charge in [-0.1, -0.05) is 0 Å². The lowest BCUT2D eigenvalue weighted by Gasteiger charge is -2.17. The molecule has 0 saturated heterocycles. The van der Waals surface area contributed by atoms with Crippen molar-refractivity contribution >= 4 is 23.9 Å². The zero-order valence-electron chi connectivity index (χ0n) is 8.49. The first-order chi connectivity index (χ1) is 7.73. The van der Waals surface area contributed by atoms with Crippen molar-refractivity contribution in [3.63, 3.8) is 0 Å². The Balaban J connectivity index is 4.67. The van der Waals surface area contributed by atoms with Gasteiger partial charge < -0.3 is 20.4 Å². The zero-order valence-corrected chi connectivity index (χ0v) is 8.49. The molecular formula is C8H11NO8. The summed E-state index contributed by atoms with van der Waals surface area (Å²) in [7, 11) is 0. The molecule has 0 radical (unpaired) electrons. The highest BCUT2D eigenvalue weighted by Crippen LogP contribution is 2.00. The molecular weight excluding hydrogens is 238 g/mol. The molecule has 0 unspecified atom stereocenters. The predicted molar refractivity (Wildman–Crippen MR) is 50.5 cm³/mol. The van der Waals surface area contributed by atoms with Gasteiger partial charge in [0.15, 0.2) is 0 Å². The SMILES string of the molecule is O=C(O)C[C@@H](N[C@H](CC(=O)O)C(=O)O)C(=O)O. The Kier molecular flexibility index (Phi) is 5.61. The molecule has 0 aromatic heterocycles. The molecule has 96 valence electrons. The van der Waals surface area contributed by atoms with Crippen LogP contribution in [0.1, 0.15) is 12.8 Å². The minimum atomic E-state index is -1.66. The Morgan fingerprint density at radius 3 is 1.24 bits per heavy atom. The summed E-state index contributed by atoms with van der Waals surface area (Å²) < 4.78 is 0. The van der Waals surface area contributed by atoms with E-state index in [1.807, 2.05) is 5.32 Å². The third-order valence-electron chi connectivity index (χ3n) is 1.76. The van der Waals surface area contributed by atoms with Crippen molar-refractivity contribution in [1.82, 2.24) is 5.32 Å². The molecule has 0 aliphatic heterocycles. The summed E-state index contributed by atoms with van der Waals surface area (Å²) in [4.78, 5) is 41.9. The molecule has 5 N–H and O–H groups in total. The molecule has 0 aromatic rings. The molecule has 0 fully saturated rings. The third-order valence-corrected chi connectivity index (χ3v) is 1.76. The maximum absolute atomic E-state index is 10.6. The van der Waals surface area contributed by atoms with Crippen molar-refractivity contribution in [3.05, 3.63) is 0 Å². The zero-order chi connectivity index (χ0) is 13.6. The van der Waals surface area contributed by atoms with Gasteiger partial charge in [0.25, 0.3) is 0 Å². The number of carboxylic acid groups (broad SMARTS) is 4. The summed E-state index contributed by atoms with van der Waals surface area (Å²) >= 11 is 0. The third kappa shape index (κ3) is 6.10. The van der Waals surface area contributed by atoms with Crippen LogP contribution in [0, 0.1) is 0 Å². The monoisotopic (exact) mass is 249 g/mol. The summed E-state index contributed by atoms with van der Waals surface area (Å²) in [6.45, 7) is 0. The Morgan fingerprint density at radius 1 is 0.765 bits per heavy atom. The molecule has 0 aliphatic carbocycles. The highest BCUT2D eigenvalue weighted by Gasteiger charge is 2.29. The highest BCUT2D eigenvalue weighted by molar-refractivity contribution is 5.84. The van der Waals surface area contributed by atoms with E-state index in [0.29, 0.717) is 0 Å². The number of aliphatic carboxylic acids is 4. The van der Waals surface area contributed by atoms with Crippen LogP contribution in [-0.4, -0.2) is 56.4 Å². The lowest BCUT2D eigenvalue weighted by molar-refractivity contribution is -0.150. The van der Waals surface area contributed by atoms with Gasteiger partial charge in [-0.15, -0.1) is 0 Å². The second-order valence-electron chi connectivity index (χ2n) is 3.14. The summed E-state index contributed by atoms with van der Waals surface area (Å²) in [6.07, 6.45) is -1.70. The van der Waals surface area contributed by atoms with Crippen LogP contribution in [0.25, 0.3) is 0 Å². The molecule has 17 heavy (non-hydrogen) atoms. The molecule has 0 aromatic carbocycles. The van der Waals surface area contributed by atoms with E-state index in [1.54, 1.807) is 0 Å². The molecule has 9 heteroatoms. The second-order valence-corrected chi connectivity index (χ2v) is 3.14. The smallest absolute Gasteiger partial charge is 0.321 e. The van der Waals surface area contributed by atoms with Crippen molar-refractivity contribution in [1.29, 1.82) is 0 Å². The number of nitrogens with one attached hydrogen (secondary N) is 1. The van der Waals surface area contributed by atoms with Crippen molar-refractivity contribution in [2.45, 2.75) is 24.9 Å². The largest absolute Gasteiger partial charge is 0.481 e. The average Bonchev–Trinajstić information content (AvgIpc) is 2.13. The van der Waals surface area contributed by atoms with Crippen molar-refractivity contribution in [2.24, 2.45) is 0 Å². The van der Waals surface area contributed by atoms with Gasteiger partial charge in [-0.3, -0.25) is 24.5 Å². The van der Waals surface area contributed by atoms with Gasteiger partial charge >= 0.3 is 23.9 Å². The maximum Gasteiger partial charge on any atom is 0.321 e. The van der Waals surface area contributed by atoms with Gasteiger partial charge in [-0.05, 0) is 0 Å². The Morgan fingerprint density at radius 2 is 1.06 bits per heavy atom. The van der Waals surface area contributed by atoms with Crippen LogP contribution >= 0.6 is 0 Å². The van der Waals surface area contributed by atoms with Crippen LogP contribution in [0.5, 0.6) is 0 Å². The molecule has 0 amide bonds. The number of rotatable bonds is 8. The van der Waals surface area contributed by atoms with E-state index in [0.717, 1.165) is 0 Å². The fraction of sp³-hybridized carbons (Fsp3) is 0.500. The number of carbonyl (C=O) groups is 4. The molecule has 2 atom stereocenters. The highest BCUT2D eigenvalue weighted by atomic mass is 16.4. The molecule has 0 rings (SSSR count). The molecule has 0 spiro atoms. The first-order valence-electron chi connectivity index (χ1n) is 4.39. The number of carboxylic acids is 4. The van der Waals surface area contributed by atoms with Crippen molar-refractivity contribution < 1.29 is 39.6 Å². The number of hydrogen-bond donors (Lipinski definition) is 5. The summed E-state index contributed by atoms with van der Waals surface area (Å²) in [5.74, 6) is -6.01. The van der Waals surface area contributed by atoms with E-state index in [4.69, 9.17) is 20.4 Å². The summed E-state index contributed by atoms with van der Waals surface area (Å²) in [5.41, 5.74) is 0. The number of hydrogen-bond acceptors (Lipinski definition) is 5. The van der Waals surface area contributed by atoms with Crippen LogP contribution in [0.15, 0.2) is 0 Å². The van der Waals surface area contributed by atoms with E-state index in [2.05, 4.69) is 0 Å². The van der Waals surface area contributed by atoms with Crippen LogP contribution < -0.4 is 5.32 Å². The molecule has 0 heterocycles. The molecule has 0 saturated carbocycles. The first kappa shape index (κ1) is 14.8. The van der Waals surface area contributed by atoms with E-state index < -0.39 is 48.8 Å². The normalized spacial score (nSPS) is 13.6. The standard InChI is InChI=1S/C8H11NO8/c10-5(11)1-3(7(14)15)9-4(8(16)17)2-6(12)13/h3-4,9H,1-2H2,(H,10,11)(H,12,13)(H,14,15)(H,16,17)/t3-,4-/m1/s1. The Hall–Kier alpha value is -2.16. The predicted octanol–water partition coefficient (Wildman–Crippen LogP) is -1.57. The Labute approximate surface area is 94.7 Å². The van der Waals surface area contributed by atoms with E-state index in [-0.39, 0.29) is 0 Å². The summed E-state index contributed by atoms with van der Waals surface area (Å²) in [6, 6.07) is -3.32. The second kappa shape index (κ2) is 6.43. The fourth-order valence-corrected chi connectivity index (χ4v) is 1.03. The lowest BCUT2D eigenvalue weighted by Crippen LogP contribution is -2.48. The van der Waals surface area contributed by atoms with Crippen LogP contribution in [0.4, 0.5) is 0 Å². The van der Waals surface area contributed by atoms with Crippen molar-refractivity contribution in [3.8, 4) is 0 Å². The van der Waals surface area contributed by atoms with E-state index >= 15 is 0 Å². The van der Waals surface area contributed by atoms with Gasteiger partial charge in [0.05, 0.1) is 12.8 Å². The maximum atomic E-state index is 10.6. The van der Waals surface area contributed by atoms with Gasteiger partial charge in [0.2, 0.25) is 0 Å². The van der Waals surface area contributed by atoms with Gasteiger partial charge in [0.1, 0.15) is 12.1 Å². The lowest BCUT2D eigenvalue weighted by atomic mass is 10.1. The minimum absolute atomic E-state index is 0.848. The molecule has 9 nitrogen and oxygen atoms in total. The van der Waals surface area contributed by atoms with Crippen LogP contribution in [0.2, 0.25) is 0 Å². The quantitative estimate of drug-likeness (QED) is 0.342. The van der Waals surface area contributed by atoms with Crippen LogP contribution in [-0.2, 0) is 19.2 Å². The van der Waals surface area contributed by atoms with E-state index in [9.17, 15) is 19.2 Å².